The van der Waals surface area contributed by atoms with Crippen molar-refractivity contribution in [1.29, 1.82) is 0 Å². The molecule has 1 saturated heterocycles. The van der Waals surface area contributed by atoms with E-state index in [9.17, 15) is 12.8 Å². The molecule has 0 radical (unpaired) electrons. The van der Waals surface area contributed by atoms with Crippen LogP contribution in [0.4, 0.5) is 15.3 Å². The molecule has 1 unspecified atom stereocenters. The van der Waals surface area contributed by atoms with Crippen molar-refractivity contribution in [2.75, 3.05) is 19.0 Å². The highest BCUT2D eigenvalue weighted by molar-refractivity contribution is 7.89. The lowest BCUT2D eigenvalue weighted by atomic mass is 10.1. The Kier molecular flexibility index (Phi) is 5.72. The van der Waals surface area contributed by atoms with Gasteiger partial charge in [-0.05, 0) is 50.1 Å². The van der Waals surface area contributed by atoms with Crippen LogP contribution in [0, 0.1) is 12.7 Å². The fourth-order valence-corrected chi connectivity index (χ4v) is 6.06. The average molecular weight is 449 g/mol. The molecule has 1 aliphatic heterocycles. The number of nitrogens with zero attached hydrogens (tertiary/aromatic N) is 3. The standard InChI is InChI=1S/C20H21FN4O3S2/c1-13-12-29-20(22-13)24-19-7-3-5-15(23-19)16-6-4-10-25(16)30(26,27)18-11-14(21)8-9-17(18)28-2/h3,5,7-9,11-12,16H,4,6,10H2,1-2H3,(H,22,23,24). The van der Waals surface area contributed by atoms with Gasteiger partial charge >= 0.3 is 0 Å². The zero-order valence-corrected chi connectivity index (χ0v) is 18.1. The normalized spacial score (nSPS) is 17.2. The van der Waals surface area contributed by atoms with Crippen LogP contribution in [0.15, 0.2) is 46.7 Å². The van der Waals surface area contributed by atoms with E-state index >= 15 is 0 Å². The highest BCUT2D eigenvalue weighted by atomic mass is 32.2. The summed E-state index contributed by atoms with van der Waals surface area (Å²) < 4.78 is 47.1. The molecule has 10 heteroatoms. The molecule has 158 valence electrons. The summed E-state index contributed by atoms with van der Waals surface area (Å²) in [6, 6.07) is 8.50. The van der Waals surface area contributed by atoms with E-state index in [0.717, 1.165) is 16.9 Å². The predicted molar refractivity (Wildman–Crippen MR) is 113 cm³/mol. The van der Waals surface area contributed by atoms with Crippen LogP contribution in [0.5, 0.6) is 5.75 Å². The number of anilines is 2. The summed E-state index contributed by atoms with van der Waals surface area (Å²) >= 11 is 1.47. The lowest BCUT2D eigenvalue weighted by Crippen LogP contribution is -2.31. The molecule has 0 amide bonds. The Labute approximate surface area is 178 Å². The summed E-state index contributed by atoms with van der Waals surface area (Å²) in [5.74, 6) is 0.0761. The third kappa shape index (κ3) is 4.03. The van der Waals surface area contributed by atoms with Gasteiger partial charge in [-0.2, -0.15) is 4.31 Å². The number of thiazole rings is 1. The molecular weight excluding hydrogens is 427 g/mol. The third-order valence-corrected chi connectivity index (χ3v) is 7.69. The SMILES string of the molecule is COc1ccc(F)cc1S(=O)(=O)N1CCCC1c1cccc(Nc2nc(C)cs2)n1. The molecule has 0 saturated carbocycles. The van der Waals surface area contributed by atoms with Crippen molar-refractivity contribution in [3.63, 3.8) is 0 Å². The molecule has 1 atom stereocenters. The van der Waals surface area contributed by atoms with Gasteiger partial charge in [-0.3, -0.25) is 0 Å². The minimum atomic E-state index is -3.97. The van der Waals surface area contributed by atoms with E-state index in [0.29, 0.717) is 30.9 Å². The molecule has 7 nitrogen and oxygen atoms in total. The van der Waals surface area contributed by atoms with E-state index in [2.05, 4.69) is 15.3 Å². The Morgan fingerprint density at radius 1 is 1.27 bits per heavy atom. The first-order valence-electron chi connectivity index (χ1n) is 9.40. The molecule has 0 aliphatic carbocycles. The summed E-state index contributed by atoms with van der Waals surface area (Å²) in [7, 11) is -2.61. The second-order valence-corrected chi connectivity index (χ2v) is 9.65. The zero-order valence-electron chi connectivity index (χ0n) is 16.5. The van der Waals surface area contributed by atoms with Crippen molar-refractivity contribution in [3.8, 4) is 5.75 Å². The van der Waals surface area contributed by atoms with E-state index < -0.39 is 21.9 Å². The van der Waals surface area contributed by atoms with Gasteiger partial charge < -0.3 is 10.1 Å². The van der Waals surface area contributed by atoms with Gasteiger partial charge in [-0.1, -0.05) is 6.07 Å². The number of halogens is 1. The number of sulfonamides is 1. The topological polar surface area (TPSA) is 84.4 Å². The van der Waals surface area contributed by atoms with Gasteiger partial charge in [0.15, 0.2) is 5.13 Å². The molecule has 30 heavy (non-hydrogen) atoms. The number of methoxy groups -OCH3 is 1. The Morgan fingerprint density at radius 2 is 2.10 bits per heavy atom. The molecule has 0 bridgehead atoms. The summed E-state index contributed by atoms with van der Waals surface area (Å²) in [5.41, 5.74) is 1.54. The van der Waals surface area contributed by atoms with E-state index in [1.807, 2.05) is 24.4 Å². The van der Waals surface area contributed by atoms with Gasteiger partial charge in [0.2, 0.25) is 10.0 Å². The van der Waals surface area contributed by atoms with E-state index in [1.165, 1.54) is 34.9 Å². The zero-order chi connectivity index (χ0) is 21.3. The number of aromatic nitrogens is 2. The van der Waals surface area contributed by atoms with Crippen molar-refractivity contribution in [1.82, 2.24) is 14.3 Å². The number of aryl methyl sites for hydroxylation is 1. The Morgan fingerprint density at radius 3 is 2.83 bits per heavy atom. The van der Waals surface area contributed by atoms with Crippen molar-refractivity contribution in [2.24, 2.45) is 0 Å². The molecule has 4 rings (SSSR count). The largest absolute Gasteiger partial charge is 0.495 e. The van der Waals surface area contributed by atoms with Gasteiger partial charge in [0.1, 0.15) is 22.3 Å². The minimum absolute atomic E-state index is 0.115. The number of hydrogen-bond acceptors (Lipinski definition) is 7. The highest BCUT2D eigenvalue weighted by Gasteiger charge is 2.38. The van der Waals surface area contributed by atoms with Crippen molar-refractivity contribution in [2.45, 2.75) is 30.7 Å². The van der Waals surface area contributed by atoms with E-state index in [1.54, 1.807) is 6.07 Å². The molecule has 0 spiro atoms. The van der Waals surface area contributed by atoms with E-state index in [4.69, 9.17) is 4.74 Å². The first kappa shape index (κ1) is 20.7. The molecule has 1 fully saturated rings. The van der Waals surface area contributed by atoms with Crippen LogP contribution in [-0.4, -0.2) is 36.3 Å². The monoisotopic (exact) mass is 448 g/mol. The van der Waals surface area contributed by atoms with Crippen LogP contribution in [-0.2, 0) is 10.0 Å². The average Bonchev–Trinajstić information content (AvgIpc) is 3.38. The summed E-state index contributed by atoms with van der Waals surface area (Å²) in [6.45, 7) is 2.24. The second kappa shape index (κ2) is 8.29. The lowest BCUT2D eigenvalue weighted by molar-refractivity contribution is 0.376. The number of benzene rings is 1. The molecule has 3 aromatic rings. The van der Waals surface area contributed by atoms with Gasteiger partial charge in [-0.15, -0.1) is 11.3 Å². The fourth-order valence-electron chi connectivity index (χ4n) is 3.53. The van der Waals surface area contributed by atoms with Crippen LogP contribution in [0.2, 0.25) is 0 Å². The van der Waals surface area contributed by atoms with Gasteiger partial charge in [0, 0.05) is 11.9 Å². The van der Waals surface area contributed by atoms with Crippen LogP contribution < -0.4 is 10.1 Å². The number of nitrogens with one attached hydrogen (secondary N) is 1. The maximum atomic E-state index is 13.8. The predicted octanol–water partition coefficient (Wildman–Crippen LogP) is 4.26. The molecular formula is C20H21FN4O3S2. The van der Waals surface area contributed by atoms with E-state index in [-0.39, 0.29) is 10.6 Å². The third-order valence-electron chi connectivity index (χ3n) is 4.88. The summed E-state index contributed by atoms with van der Waals surface area (Å²) in [5, 5.41) is 5.81. The number of rotatable bonds is 6. The Balaban J connectivity index is 1.65. The summed E-state index contributed by atoms with van der Waals surface area (Å²) in [4.78, 5) is 8.81. The van der Waals surface area contributed by atoms with Gasteiger partial charge in [-0.25, -0.2) is 22.8 Å². The van der Waals surface area contributed by atoms with Gasteiger partial charge in [0.25, 0.3) is 0 Å². The minimum Gasteiger partial charge on any atom is -0.495 e. The lowest BCUT2D eigenvalue weighted by Gasteiger charge is -2.25. The smallest absolute Gasteiger partial charge is 0.247 e. The number of pyridine rings is 1. The van der Waals surface area contributed by atoms with Crippen molar-refractivity contribution >= 4 is 32.3 Å². The van der Waals surface area contributed by atoms with Crippen molar-refractivity contribution < 1.29 is 17.5 Å². The molecule has 3 heterocycles. The van der Waals surface area contributed by atoms with Crippen LogP contribution in [0.1, 0.15) is 30.3 Å². The van der Waals surface area contributed by atoms with Crippen LogP contribution >= 0.6 is 11.3 Å². The highest BCUT2D eigenvalue weighted by Crippen LogP contribution is 2.38. The molecule has 1 aromatic carbocycles. The number of hydrogen-bond donors (Lipinski definition) is 1. The first-order chi connectivity index (χ1) is 14.4. The molecule has 1 N–H and O–H groups in total. The van der Waals surface area contributed by atoms with Gasteiger partial charge in [0.05, 0.1) is 24.5 Å². The van der Waals surface area contributed by atoms with Crippen molar-refractivity contribution in [3.05, 3.63) is 59.0 Å². The Hall–Kier alpha value is -2.56. The second-order valence-electron chi connectivity index (χ2n) is 6.94. The van der Waals surface area contributed by atoms with Crippen LogP contribution in [0.3, 0.4) is 0 Å². The maximum Gasteiger partial charge on any atom is 0.247 e. The Bertz CT molecular complexity index is 1170. The maximum absolute atomic E-state index is 13.8. The quantitative estimate of drug-likeness (QED) is 0.606. The number of ether oxygens (including phenoxy) is 1. The molecule has 2 aromatic heterocycles. The fraction of sp³-hybridized carbons (Fsp3) is 0.300. The summed E-state index contributed by atoms with van der Waals surface area (Å²) in [6.07, 6.45) is 1.32. The molecule has 1 aliphatic rings. The first-order valence-corrected chi connectivity index (χ1v) is 11.7. The van der Waals surface area contributed by atoms with Crippen LogP contribution in [0.25, 0.3) is 0 Å².